The molecule has 4 rings (SSSR count). The number of likely N-dealkylation sites (N-methyl/N-ethyl adjacent to an activating group) is 1. The summed E-state index contributed by atoms with van der Waals surface area (Å²) in [5, 5.41) is 12.8. The highest BCUT2D eigenvalue weighted by Crippen LogP contribution is 2.28. The number of nitrogens with zero attached hydrogens (tertiary/aromatic N) is 3. The predicted octanol–water partition coefficient (Wildman–Crippen LogP) is 3.30. The second-order valence-corrected chi connectivity index (χ2v) is 8.87. The Bertz CT molecular complexity index is 1330. The second-order valence-electron chi connectivity index (χ2n) is 7.84. The molecule has 0 unspecified atom stereocenters. The van der Waals surface area contributed by atoms with E-state index in [-0.39, 0.29) is 25.0 Å². The minimum absolute atomic E-state index is 0.0994. The van der Waals surface area contributed by atoms with E-state index < -0.39 is 0 Å². The van der Waals surface area contributed by atoms with Crippen molar-refractivity contribution in [2.24, 2.45) is 0 Å². The van der Waals surface area contributed by atoms with Gasteiger partial charge in [-0.25, -0.2) is 9.67 Å². The van der Waals surface area contributed by atoms with Crippen molar-refractivity contribution in [1.29, 1.82) is 0 Å². The van der Waals surface area contributed by atoms with Crippen LogP contribution in [-0.2, 0) is 17.9 Å². The Kier molecular flexibility index (Phi) is 7.61. The number of amides is 2. The topological polar surface area (TPSA) is 107 Å². The number of methoxy groups -OCH3 is 1. The third kappa shape index (κ3) is 5.78. The molecule has 0 spiro atoms. The van der Waals surface area contributed by atoms with Crippen LogP contribution in [0.1, 0.15) is 33.4 Å². The number of aryl methyl sites for hydroxylation is 1. The molecule has 35 heavy (non-hydrogen) atoms. The van der Waals surface area contributed by atoms with Crippen LogP contribution in [0.15, 0.2) is 48.0 Å². The molecule has 0 aliphatic heterocycles. The van der Waals surface area contributed by atoms with E-state index in [1.54, 1.807) is 35.7 Å². The number of fused-ring (bicyclic) bond motifs is 1. The van der Waals surface area contributed by atoms with Gasteiger partial charge in [-0.3, -0.25) is 9.59 Å². The van der Waals surface area contributed by atoms with Crippen molar-refractivity contribution in [2.45, 2.75) is 26.9 Å². The average Bonchev–Trinajstić information content (AvgIpc) is 3.51. The van der Waals surface area contributed by atoms with E-state index in [0.717, 1.165) is 16.1 Å². The van der Waals surface area contributed by atoms with Gasteiger partial charge in [-0.1, -0.05) is 12.1 Å². The molecule has 0 bridgehead atoms. The molecule has 0 saturated heterocycles. The minimum Gasteiger partial charge on any atom is -0.493 e. The molecule has 0 fully saturated rings. The molecule has 182 valence electrons. The largest absolute Gasteiger partial charge is 0.493 e. The maximum Gasteiger partial charge on any atom is 0.257 e. The lowest BCUT2D eigenvalue weighted by atomic mass is 10.1. The Labute approximate surface area is 207 Å². The van der Waals surface area contributed by atoms with Crippen molar-refractivity contribution < 1.29 is 19.1 Å². The first-order chi connectivity index (χ1) is 17.0. The molecule has 9 nitrogen and oxygen atoms in total. The van der Waals surface area contributed by atoms with E-state index in [2.05, 4.69) is 20.7 Å². The van der Waals surface area contributed by atoms with Gasteiger partial charge >= 0.3 is 0 Å². The zero-order valence-corrected chi connectivity index (χ0v) is 20.6. The van der Waals surface area contributed by atoms with Crippen LogP contribution in [0.25, 0.3) is 11.0 Å². The molecular weight excluding hydrogens is 466 g/mol. The van der Waals surface area contributed by atoms with E-state index in [0.29, 0.717) is 41.2 Å². The number of hydrogen-bond acceptors (Lipinski definition) is 7. The number of nitrogens with one attached hydrogen (secondary N) is 2. The van der Waals surface area contributed by atoms with E-state index >= 15 is 0 Å². The van der Waals surface area contributed by atoms with Crippen LogP contribution < -0.4 is 20.1 Å². The first kappa shape index (κ1) is 24.2. The molecule has 2 amide bonds. The molecular formula is C25H27N5O4S. The summed E-state index contributed by atoms with van der Waals surface area (Å²) in [5.74, 6) is 0.520. The summed E-state index contributed by atoms with van der Waals surface area (Å²) in [6, 6.07) is 11.1. The van der Waals surface area contributed by atoms with Crippen LogP contribution >= 0.6 is 11.3 Å². The highest BCUT2D eigenvalue weighted by atomic mass is 32.1. The Morgan fingerprint density at radius 3 is 2.74 bits per heavy atom. The third-order valence-corrected chi connectivity index (χ3v) is 6.14. The van der Waals surface area contributed by atoms with Crippen molar-refractivity contribution in [1.82, 2.24) is 25.4 Å². The predicted molar refractivity (Wildman–Crippen MR) is 134 cm³/mol. The van der Waals surface area contributed by atoms with Crippen LogP contribution in [0.5, 0.6) is 11.5 Å². The number of ether oxygens (including phenoxy) is 2. The molecule has 0 radical (unpaired) electrons. The maximum atomic E-state index is 13.1. The van der Waals surface area contributed by atoms with Crippen molar-refractivity contribution >= 4 is 34.2 Å². The van der Waals surface area contributed by atoms with Crippen molar-refractivity contribution in [3.05, 3.63) is 69.7 Å². The lowest BCUT2D eigenvalue weighted by molar-refractivity contribution is -0.123. The molecule has 3 heterocycles. The molecule has 4 aromatic rings. The normalized spacial score (nSPS) is 10.8. The highest BCUT2D eigenvalue weighted by Gasteiger charge is 2.17. The van der Waals surface area contributed by atoms with Gasteiger partial charge in [0.2, 0.25) is 0 Å². The van der Waals surface area contributed by atoms with Crippen LogP contribution in [0.4, 0.5) is 0 Å². The number of carbonyl (C=O) groups excluding carboxylic acids is 2. The fourth-order valence-electron chi connectivity index (χ4n) is 3.64. The molecule has 3 aromatic heterocycles. The zero-order valence-electron chi connectivity index (χ0n) is 19.8. The van der Waals surface area contributed by atoms with Crippen molar-refractivity contribution in [3.8, 4) is 11.5 Å². The van der Waals surface area contributed by atoms with Gasteiger partial charge in [0.25, 0.3) is 11.8 Å². The number of pyridine rings is 1. The molecule has 1 aromatic carbocycles. The number of carbonyl (C=O) groups is 2. The van der Waals surface area contributed by atoms with E-state index in [1.807, 2.05) is 42.1 Å². The lowest BCUT2D eigenvalue weighted by Gasteiger charge is -2.13. The second kappa shape index (κ2) is 11.0. The number of hydrogen-bond donors (Lipinski definition) is 2. The molecule has 0 saturated carbocycles. The van der Waals surface area contributed by atoms with Crippen molar-refractivity contribution in [2.75, 3.05) is 20.3 Å². The monoisotopic (exact) mass is 493 g/mol. The fourth-order valence-corrected chi connectivity index (χ4v) is 4.32. The Hall–Kier alpha value is -3.92. The average molecular weight is 494 g/mol. The van der Waals surface area contributed by atoms with Crippen LogP contribution in [0.2, 0.25) is 0 Å². The van der Waals surface area contributed by atoms with E-state index in [1.165, 1.54) is 7.11 Å². The summed E-state index contributed by atoms with van der Waals surface area (Å²) in [4.78, 5) is 30.5. The zero-order chi connectivity index (χ0) is 24.8. The number of benzene rings is 1. The number of rotatable bonds is 10. The maximum absolute atomic E-state index is 13.1. The SMILES string of the molecule is CCNC(=O)COc1ccc(CNC(=O)c2cc(C)nc3c2cnn3Cc2cccs2)cc1OC. The number of thiophene rings is 1. The van der Waals surface area contributed by atoms with Gasteiger partial charge in [-0.2, -0.15) is 5.10 Å². The molecule has 0 atom stereocenters. The Morgan fingerprint density at radius 2 is 2.00 bits per heavy atom. The van der Waals surface area contributed by atoms with Gasteiger partial charge in [0.1, 0.15) is 0 Å². The van der Waals surface area contributed by atoms with Crippen LogP contribution in [-0.4, -0.2) is 46.8 Å². The highest BCUT2D eigenvalue weighted by molar-refractivity contribution is 7.09. The van der Waals surface area contributed by atoms with Crippen LogP contribution in [0.3, 0.4) is 0 Å². The molecule has 10 heteroatoms. The summed E-state index contributed by atoms with van der Waals surface area (Å²) in [6.07, 6.45) is 1.69. The van der Waals surface area contributed by atoms with Gasteiger partial charge in [0.05, 0.1) is 30.8 Å². The summed E-state index contributed by atoms with van der Waals surface area (Å²) < 4.78 is 12.8. The van der Waals surface area contributed by atoms with Gasteiger partial charge < -0.3 is 20.1 Å². The summed E-state index contributed by atoms with van der Waals surface area (Å²) in [6.45, 7) is 5.04. The minimum atomic E-state index is -0.216. The third-order valence-electron chi connectivity index (χ3n) is 5.28. The summed E-state index contributed by atoms with van der Waals surface area (Å²) in [7, 11) is 1.53. The molecule has 0 aliphatic carbocycles. The van der Waals surface area contributed by atoms with Gasteiger partial charge in [-0.15, -0.1) is 11.3 Å². The molecule has 2 N–H and O–H groups in total. The smallest absolute Gasteiger partial charge is 0.257 e. The number of aromatic nitrogens is 3. The summed E-state index contributed by atoms with van der Waals surface area (Å²) in [5.41, 5.74) is 2.78. The van der Waals surface area contributed by atoms with Gasteiger partial charge in [0, 0.05) is 23.7 Å². The van der Waals surface area contributed by atoms with Gasteiger partial charge in [0.15, 0.2) is 23.8 Å². The van der Waals surface area contributed by atoms with E-state index in [4.69, 9.17) is 9.47 Å². The van der Waals surface area contributed by atoms with E-state index in [9.17, 15) is 9.59 Å². The Morgan fingerprint density at radius 1 is 1.14 bits per heavy atom. The molecule has 0 aliphatic rings. The van der Waals surface area contributed by atoms with Crippen LogP contribution in [0, 0.1) is 6.92 Å². The first-order valence-corrected chi connectivity index (χ1v) is 12.1. The standard InChI is InChI=1S/C25H27N5O4S/c1-4-26-23(31)15-34-21-8-7-17(11-22(21)33-3)12-27-25(32)19-10-16(2)29-24-20(19)13-28-30(24)14-18-6-5-9-35-18/h5-11,13H,4,12,14-15H2,1-3H3,(H,26,31)(H,27,32). The quantitative estimate of drug-likeness (QED) is 0.351. The van der Waals surface area contributed by atoms with Gasteiger partial charge in [-0.05, 0) is 49.1 Å². The fraction of sp³-hybridized carbons (Fsp3) is 0.280. The Balaban J connectivity index is 1.47. The summed E-state index contributed by atoms with van der Waals surface area (Å²) >= 11 is 1.65. The first-order valence-electron chi connectivity index (χ1n) is 11.2. The van der Waals surface area contributed by atoms with Crippen molar-refractivity contribution in [3.63, 3.8) is 0 Å². The lowest BCUT2D eigenvalue weighted by Crippen LogP contribution is -2.28.